The molecule has 0 spiro atoms. The molecule has 0 saturated carbocycles. The van der Waals surface area contributed by atoms with E-state index in [2.05, 4.69) is 284 Å². The van der Waals surface area contributed by atoms with E-state index in [-0.39, 0.29) is 0 Å². The van der Waals surface area contributed by atoms with E-state index in [1.165, 1.54) is 127 Å². The Labute approximate surface area is 457 Å². The summed E-state index contributed by atoms with van der Waals surface area (Å²) in [5.74, 6) is 0. The average Bonchev–Trinajstić information content (AvgIpc) is 4.30. The third-order valence-corrected chi connectivity index (χ3v) is 19.0. The molecule has 0 aliphatic carbocycles. The maximum absolute atomic E-state index is 3.82. The second-order valence-corrected chi connectivity index (χ2v) is 22.8. The molecule has 0 aliphatic rings. The maximum atomic E-state index is 3.82. The van der Waals surface area contributed by atoms with E-state index in [1.54, 1.807) is 11.3 Å². The van der Waals surface area contributed by atoms with E-state index < -0.39 is 0 Å². The first-order valence-electron chi connectivity index (χ1n) is 24.0. The van der Waals surface area contributed by atoms with Gasteiger partial charge in [-0.1, -0.05) is 133 Å². The van der Waals surface area contributed by atoms with Gasteiger partial charge in [-0.2, -0.15) is 0 Å². The first-order valence-corrected chi connectivity index (χ1v) is 28.4. The third kappa shape index (κ3) is 7.38. The van der Waals surface area contributed by atoms with E-state index >= 15 is 0 Å². The van der Waals surface area contributed by atoms with E-state index in [1.807, 2.05) is 29.5 Å². The second-order valence-electron chi connectivity index (χ2n) is 18.1. The molecule has 9 heteroatoms. The number of para-hydroxylation sites is 5. The van der Waals surface area contributed by atoms with Gasteiger partial charge >= 0.3 is 0 Å². The van der Waals surface area contributed by atoms with Gasteiger partial charge in [0.15, 0.2) is 0 Å². The molecular formula is C64H39Br2IN4S2. The summed E-state index contributed by atoms with van der Waals surface area (Å²) in [7, 11) is 0. The molecule has 16 rings (SSSR count). The Morgan fingerprint density at radius 1 is 0.315 bits per heavy atom. The molecule has 0 bridgehead atoms. The number of thiophene rings is 2. The molecule has 348 valence electrons. The van der Waals surface area contributed by atoms with Crippen molar-refractivity contribution in [3.63, 3.8) is 0 Å². The summed E-state index contributed by atoms with van der Waals surface area (Å²) in [5.41, 5.74) is 13.4. The number of hydrogen-bond acceptors (Lipinski definition) is 2. The predicted octanol–water partition coefficient (Wildman–Crippen LogP) is 20.5. The van der Waals surface area contributed by atoms with Gasteiger partial charge in [-0.05, 0) is 139 Å². The number of benzene rings is 10. The smallest absolute Gasteiger partial charge is 0.0647 e. The Morgan fingerprint density at radius 3 is 1.25 bits per heavy atom. The van der Waals surface area contributed by atoms with Crippen LogP contribution in [0.5, 0.6) is 0 Å². The third-order valence-electron chi connectivity index (χ3n) is 14.1. The number of nitrogens with one attached hydrogen (secondary N) is 1. The van der Waals surface area contributed by atoms with Crippen LogP contribution in [0.15, 0.2) is 238 Å². The van der Waals surface area contributed by atoms with Crippen LogP contribution in [0.1, 0.15) is 0 Å². The molecule has 16 aromatic rings. The van der Waals surface area contributed by atoms with Gasteiger partial charge < -0.3 is 18.7 Å². The fourth-order valence-electron chi connectivity index (χ4n) is 10.9. The highest BCUT2D eigenvalue weighted by Crippen LogP contribution is 2.43. The zero-order valence-electron chi connectivity index (χ0n) is 38.7. The van der Waals surface area contributed by atoms with Gasteiger partial charge in [0.2, 0.25) is 0 Å². The number of nitrogens with zero attached hydrogens (tertiary/aromatic N) is 3. The Balaban J connectivity index is 0.000000119. The highest BCUT2D eigenvalue weighted by Gasteiger charge is 2.21. The van der Waals surface area contributed by atoms with Gasteiger partial charge in [-0.15, -0.1) is 22.7 Å². The number of halogens is 3. The number of aromatic amines is 1. The van der Waals surface area contributed by atoms with Crippen molar-refractivity contribution in [2.45, 2.75) is 0 Å². The summed E-state index contributed by atoms with van der Waals surface area (Å²) in [6.07, 6.45) is 0. The van der Waals surface area contributed by atoms with Crippen molar-refractivity contribution in [2.75, 3.05) is 0 Å². The fourth-order valence-corrected chi connectivity index (χ4v) is 13.9. The van der Waals surface area contributed by atoms with E-state index in [0.717, 1.165) is 10.2 Å². The lowest BCUT2D eigenvalue weighted by Gasteiger charge is -2.11. The minimum atomic E-state index is 1.08. The normalized spacial score (nSPS) is 11.8. The molecule has 4 nitrogen and oxygen atoms in total. The van der Waals surface area contributed by atoms with E-state index in [0.29, 0.717) is 0 Å². The molecule has 0 radical (unpaired) electrons. The van der Waals surface area contributed by atoms with Crippen molar-refractivity contribution in [2.24, 2.45) is 0 Å². The summed E-state index contributed by atoms with van der Waals surface area (Å²) >= 11 is 13.1. The lowest BCUT2D eigenvalue weighted by Crippen LogP contribution is -1.96. The zero-order valence-corrected chi connectivity index (χ0v) is 45.7. The molecule has 6 aromatic heterocycles. The number of rotatable bonds is 3. The standard InChI is InChI=1S/C32H19BrN2S.C26H16N2S.C6H4BrI/c33-25-12-4-7-15-28(25)34-26-13-5-1-9-20(26)23-17-24-21-10-2-6-14-27(21)35(30(24)18-29(23)34)31-19-36-32-16-8-3-11-22(31)32;1-4-10-21-16(7-1)19-13-20-17-8-2-5-11-23(17)28(24(20)14-22(19)27-21)25-15-29-26-12-6-3-9-18(25)26;7-5-3-1-2-4-6(5)8/h1-19H;1-15,27H;1-4H. The van der Waals surface area contributed by atoms with Gasteiger partial charge in [0, 0.05) is 97.6 Å². The number of fused-ring (bicyclic) bond motifs is 14. The molecule has 0 saturated heterocycles. The number of H-pyrrole nitrogens is 1. The van der Waals surface area contributed by atoms with Crippen molar-refractivity contribution in [3.8, 4) is 17.1 Å². The van der Waals surface area contributed by atoms with Crippen LogP contribution in [-0.2, 0) is 0 Å². The van der Waals surface area contributed by atoms with Crippen LogP contribution < -0.4 is 0 Å². The zero-order chi connectivity index (χ0) is 48.7. The summed E-state index contributed by atoms with van der Waals surface area (Å²) < 4.78 is 13.4. The lowest BCUT2D eigenvalue weighted by molar-refractivity contribution is 1.16. The first kappa shape index (κ1) is 44.7. The summed E-state index contributed by atoms with van der Waals surface area (Å²) in [5, 5.41) is 17.4. The summed E-state index contributed by atoms with van der Waals surface area (Å²) in [6.45, 7) is 0. The van der Waals surface area contributed by atoms with Gasteiger partial charge in [-0.25, -0.2) is 0 Å². The van der Waals surface area contributed by atoms with Gasteiger partial charge in [0.05, 0.1) is 50.2 Å². The van der Waals surface area contributed by atoms with Crippen molar-refractivity contribution in [3.05, 3.63) is 242 Å². The molecule has 0 amide bonds. The van der Waals surface area contributed by atoms with Crippen LogP contribution in [0.3, 0.4) is 0 Å². The van der Waals surface area contributed by atoms with Crippen molar-refractivity contribution >= 4 is 185 Å². The monoisotopic (exact) mass is 1210 g/mol. The van der Waals surface area contributed by atoms with Crippen LogP contribution in [0.2, 0.25) is 0 Å². The van der Waals surface area contributed by atoms with Gasteiger partial charge in [0.25, 0.3) is 0 Å². The van der Waals surface area contributed by atoms with Crippen LogP contribution in [-0.4, -0.2) is 18.7 Å². The van der Waals surface area contributed by atoms with Crippen LogP contribution in [0.25, 0.3) is 124 Å². The quantitative estimate of drug-likeness (QED) is 0.171. The molecule has 0 unspecified atom stereocenters. The molecule has 6 heterocycles. The molecule has 73 heavy (non-hydrogen) atoms. The molecule has 1 N–H and O–H groups in total. The maximum Gasteiger partial charge on any atom is 0.0647 e. The SMILES string of the molecule is Brc1ccccc1-n1c2ccccc2c2cc3c4ccccc4n(-c4csc5ccccc45)c3cc21.Brc1ccccc1I.c1ccc2c(c1)[nH]c1cc3c(cc12)c1ccccc1n3-c1csc2ccccc12. The van der Waals surface area contributed by atoms with Gasteiger partial charge in [0.1, 0.15) is 0 Å². The van der Waals surface area contributed by atoms with Crippen LogP contribution >= 0.6 is 77.1 Å². The van der Waals surface area contributed by atoms with Crippen molar-refractivity contribution in [1.82, 2.24) is 18.7 Å². The Hall–Kier alpha value is -6.99. The van der Waals surface area contributed by atoms with Crippen molar-refractivity contribution in [1.29, 1.82) is 0 Å². The highest BCUT2D eigenvalue weighted by atomic mass is 127. The fraction of sp³-hybridized carbons (Fsp3) is 0. The van der Waals surface area contributed by atoms with Gasteiger partial charge in [-0.3, -0.25) is 0 Å². The first-order chi connectivity index (χ1) is 36.0. The largest absolute Gasteiger partial charge is 0.354 e. The van der Waals surface area contributed by atoms with E-state index in [4.69, 9.17) is 0 Å². The van der Waals surface area contributed by atoms with Crippen LogP contribution in [0.4, 0.5) is 0 Å². The number of aromatic nitrogens is 4. The molecule has 0 aliphatic heterocycles. The summed E-state index contributed by atoms with van der Waals surface area (Å²) in [6, 6.07) is 78.2. The molecular weight excluding hydrogens is 1180 g/mol. The number of hydrogen-bond donors (Lipinski definition) is 1. The summed E-state index contributed by atoms with van der Waals surface area (Å²) in [4.78, 5) is 3.61. The lowest BCUT2D eigenvalue weighted by atomic mass is 10.1. The second kappa shape index (κ2) is 18.2. The molecule has 10 aromatic carbocycles. The Morgan fingerprint density at radius 2 is 0.726 bits per heavy atom. The minimum Gasteiger partial charge on any atom is -0.354 e. The van der Waals surface area contributed by atoms with Crippen molar-refractivity contribution < 1.29 is 0 Å². The Kier molecular flexibility index (Phi) is 11.1. The Bertz CT molecular complexity index is 4800. The molecule has 0 fully saturated rings. The average molecular weight is 1210 g/mol. The van der Waals surface area contributed by atoms with E-state index in [9.17, 15) is 0 Å². The minimum absolute atomic E-state index is 1.08. The predicted molar refractivity (Wildman–Crippen MR) is 331 cm³/mol. The highest BCUT2D eigenvalue weighted by molar-refractivity contribution is 14.1. The topological polar surface area (TPSA) is 30.6 Å². The molecule has 0 atom stereocenters. The van der Waals surface area contributed by atoms with Crippen LogP contribution in [0, 0.1) is 3.57 Å².